The van der Waals surface area contributed by atoms with Gasteiger partial charge in [0.2, 0.25) is 5.91 Å². The minimum atomic E-state index is -0.747. The molecular weight excluding hydrogens is 385 g/mol. The molecule has 0 aromatic heterocycles. The van der Waals surface area contributed by atoms with Gasteiger partial charge in [-0.1, -0.05) is 24.1 Å². The van der Waals surface area contributed by atoms with Gasteiger partial charge >= 0.3 is 6.09 Å². The van der Waals surface area contributed by atoms with E-state index in [0.29, 0.717) is 6.54 Å². The highest BCUT2D eigenvalue weighted by molar-refractivity contribution is 6.31. The summed E-state index contributed by atoms with van der Waals surface area (Å²) < 4.78 is 19.8. The van der Waals surface area contributed by atoms with Crippen molar-refractivity contribution in [1.29, 1.82) is 0 Å². The van der Waals surface area contributed by atoms with Crippen molar-refractivity contribution in [1.82, 2.24) is 10.2 Å². The van der Waals surface area contributed by atoms with Crippen LogP contribution in [0.2, 0.25) is 5.02 Å². The van der Waals surface area contributed by atoms with Crippen LogP contribution in [-0.2, 0) is 9.53 Å². The zero-order chi connectivity index (χ0) is 20.7. The predicted octanol–water partition coefficient (Wildman–Crippen LogP) is 3.80. The molecular formula is C20H27ClFN3O3. The first-order chi connectivity index (χ1) is 13.1. The summed E-state index contributed by atoms with van der Waals surface area (Å²) >= 11 is 5.82. The molecule has 6 nitrogen and oxygen atoms in total. The Kier molecular flexibility index (Phi) is 5.60. The van der Waals surface area contributed by atoms with Crippen LogP contribution in [0.5, 0.6) is 0 Å². The molecule has 1 aliphatic heterocycles. The van der Waals surface area contributed by atoms with Crippen molar-refractivity contribution in [3.05, 3.63) is 29.0 Å². The number of amides is 2. The lowest BCUT2D eigenvalue weighted by Gasteiger charge is -2.29. The van der Waals surface area contributed by atoms with E-state index in [2.05, 4.69) is 10.6 Å². The Labute approximate surface area is 169 Å². The van der Waals surface area contributed by atoms with Crippen molar-refractivity contribution in [3.8, 4) is 0 Å². The zero-order valence-electron chi connectivity index (χ0n) is 16.6. The molecule has 2 N–H and O–H groups in total. The molecule has 1 aliphatic carbocycles. The molecule has 0 radical (unpaired) electrons. The minimum Gasteiger partial charge on any atom is -0.444 e. The third-order valence-corrected chi connectivity index (χ3v) is 5.91. The number of benzene rings is 1. The fraction of sp³-hybridized carbons (Fsp3) is 0.600. The first-order valence-corrected chi connectivity index (χ1v) is 9.89. The monoisotopic (exact) mass is 411 g/mol. The molecule has 1 saturated heterocycles. The number of likely N-dealkylation sites (N-methyl/N-ethyl adjacent to an activating group) is 1. The molecule has 8 heteroatoms. The quantitative estimate of drug-likeness (QED) is 0.793. The average molecular weight is 412 g/mol. The first-order valence-electron chi connectivity index (χ1n) is 9.51. The second kappa shape index (κ2) is 7.52. The lowest BCUT2D eigenvalue weighted by atomic mass is 9.86. The van der Waals surface area contributed by atoms with Crippen LogP contribution in [0, 0.1) is 11.7 Å². The molecule has 1 heterocycles. The van der Waals surface area contributed by atoms with Crippen molar-refractivity contribution in [2.24, 2.45) is 5.92 Å². The molecule has 1 aromatic rings. The van der Waals surface area contributed by atoms with E-state index in [1.165, 1.54) is 17.0 Å². The summed E-state index contributed by atoms with van der Waals surface area (Å²) in [6.45, 7) is 5.73. The van der Waals surface area contributed by atoms with E-state index in [4.69, 9.17) is 16.3 Å². The van der Waals surface area contributed by atoms with Gasteiger partial charge in [0.05, 0.1) is 10.7 Å². The number of carbonyl (C=O) groups excluding carboxylic acids is 2. The smallest absolute Gasteiger partial charge is 0.411 e. The van der Waals surface area contributed by atoms with Gasteiger partial charge in [-0.3, -0.25) is 9.69 Å². The van der Waals surface area contributed by atoms with Crippen LogP contribution in [0.4, 0.5) is 14.9 Å². The lowest BCUT2D eigenvalue weighted by Crippen LogP contribution is -2.48. The number of rotatable bonds is 3. The van der Waals surface area contributed by atoms with E-state index in [0.717, 1.165) is 19.3 Å². The lowest BCUT2D eigenvalue weighted by molar-refractivity contribution is -0.121. The highest BCUT2D eigenvalue weighted by atomic mass is 35.5. The third-order valence-electron chi connectivity index (χ3n) is 5.62. The molecule has 28 heavy (non-hydrogen) atoms. The summed E-state index contributed by atoms with van der Waals surface area (Å²) in [5.74, 6) is -1.20. The maximum absolute atomic E-state index is 14.3. The Bertz CT molecular complexity index is 782. The maximum atomic E-state index is 14.3. The summed E-state index contributed by atoms with van der Waals surface area (Å²) in [6, 6.07) is 3.68. The Morgan fingerprint density at radius 3 is 2.71 bits per heavy atom. The zero-order valence-corrected chi connectivity index (χ0v) is 17.4. The summed E-state index contributed by atoms with van der Waals surface area (Å²) in [5, 5.41) is 5.88. The Morgan fingerprint density at radius 2 is 2.07 bits per heavy atom. The van der Waals surface area contributed by atoms with Crippen LogP contribution in [0.3, 0.4) is 0 Å². The van der Waals surface area contributed by atoms with Gasteiger partial charge in [-0.05, 0) is 52.8 Å². The maximum Gasteiger partial charge on any atom is 0.411 e. The van der Waals surface area contributed by atoms with Gasteiger partial charge in [-0.2, -0.15) is 0 Å². The third kappa shape index (κ3) is 3.82. The largest absolute Gasteiger partial charge is 0.444 e. The highest BCUT2D eigenvalue weighted by Crippen LogP contribution is 2.46. The Hall–Kier alpha value is -1.86. The van der Waals surface area contributed by atoms with Gasteiger partial charge in [-0.25, -0.2) is 9.18 Å². The van der Waals surface area contributed by atoms with E-state index in [9.17, 15) is 14.0 Å². The highest BCUT2D eigenvalue weighted by Gasteiger charge is 2.58. The van der Waals surface area contributed by atoms with Crippen LogP contribution in [0.15, 0.2) is 18.2 Å². The fourth-order valence-corrected chi connectivity index (χ4v) is 4.57. The van der Waals surface area contributed by atoms with E-state index in [1.807, 2.05) is 7.05 Å². The number of hydrogen-bond donors (Lipinski definition) is 2. The molecule has 3 rings (SSSR count). The van der Waals surface area contributed by atoms with Crippen LogP contribution < -0.4 is 10.6 Å². The number of carbonyl (C=O) groups is 2. The van der Waals surface area contributed by atoms with E-state index >= 15 is 0 Å². The second-order valence-corrected chi connectivity index (χ2v) is 8.96. The molecule has 2 aliphatic rings. The fourth-order valence-electron chi connectivity index (χ4n) is 4.39. The van der Waals surface area contributed by atoms with Crippen molar-refractivity contribution in [2.45, 2.75) is 57.2 Å². The number of nitrogens with zero attached hydrogens (tertiary/aromatic N) is 1. The van der Waals surface area contributed by atoms with E-state index in [1.54, 1.807) is 26.8 Å². The molecule has 3 atom stereocenters. The molecule has 1 saturated carbocycles. The topological polar surface area (TPSA) is 70.7 Å². The number of fused-ring (bicyclic) bond motifs is 1. The average Bonchev–Trinajstić information content (AvgIpc) is 3.13. The van der Waals surface area contributed by atoms with Gasteiger partial charge in [0.25, 0.3) is 0 Å². The molecule has 0 spiro atoms. The van der Waals surface area contributed by atoms with Gasteiger partial charge in [0, 0.05) is 18.0 Å². The molecule has 1 aromatic carbocycles. The predicted molar refractivity (Wildman–Crippen MR) is 106 cm³/mol. The van der Waals surface area contributed by atoms with Crippen molar-refractivity contribution in [2.75, 3.05) is 18.9 Å². The van der Waals surface area contributed by atoms with Crippen molar-refractivity contribution in [3.63, 3.8) is 0 Å². The molecule has 2 fully saturated rings. The van der Waals surface area contributed by atoms with Crippen LogP contribution in [-0.4, -0.2) is 47.7 Å². The van der Waals surface area contributed by atoms with Gasteiger partial charge in [0.1, 0.15) is 11.6 Å². The molecule has 0 unspecified atom stereocenters. The van der Waals surface area contributed by atoms with Gasteiger partial charge in [-0.15, -0.1) is 0 Å². The Balaban J connectivity index is 1.90. The van der Waals surface area contributed by atoms with Crippen LogP contribution in [0.1, 0.15) is 40.0 Å². The summed E-state index contributed by atoms with van der Waals surface area (Å²) in [4.78, 5) is 27.5. The van der Waals surface area contributed by atoms with Gasteiger partial charge in [0.15, 0.2) is 5.82 Å². The SMILES string of the molecule is CN[C@@]12CCC[C@@H]1[C@@H](C(=O)Nc1cccc(Cl)c1F)N(C(=O)OC(C)(C)C)C2. The van der Waals surface area contributed by atoms with Crippen molar-refractivity contribution >= 4 is 29.3 Å². The van der Waals surface area contributed by atoms with Crippen LogP contribution in [0.25, 0.3) is 0 Å². The van der Waals surface area contributed by atoms with Crippen LogP contribution >= 0.6 is 11.6 Å². The standard InChI is InChI=1S/C20H27ClFN3O3/c1-19(2,3)28-18(27)25-11-20(23-4)10-6-7-12(20)16(25)17(26)24-14-9-5-8-13(21)15(14)22/h5,8-9,12,16,23H,6-7,10-11H2,1-4H3,(H,24,26)/t12-,16+,20-/m1/s1. The minimum absolute atomic E-state index is 0.00148. The molecule has 154 valence electrons. The Morgan fingerprint density at radius 1 is 1.36 bits per heavy atom. The summed E-state index contributed by atoms with van der Waals surface area (Å²) in [5.41, 5.74) is -1.02. The number of hydrogen-bond acceptors (Lipinski definition) is 4. The number of ether oxygens (including phenoxy) is 1. The number of halogens is 2. The molecule has 2 amide bonds. The summed E-state index contributed by atoms with van der Waals surface area (Å²) in [6.07, 6.45) is 2.09. The number of likely N-dealkylation sites (tertiary alicyclic amines) is 1. The number of nitrogens with one attached hydrogen (secondary N) is 2. The first kappa shape index (κ1) is 20.9. The summed E-state index contributed by atoms with van der Waals surface area (Å²) in [7, 11) is 1.85. The van der Waals surface area contributed by atoms with E-state index in [-0.39, 0.29) is 22.2 Å². The van der Waals surface area contributed by atoms with E-state index < -0.39 is 29.5 Å². The molecule has 0 bridgehead atoms. The number of anilines is 1. The van der Waals surface area contributed by atoms with Crippen molar-refractivity contribution < 1.29 is 18.7 Å². The second-order valence-electron chi connectivity index (χ2n) is 8.55. The normalized spacial score (nSPS) is 26.9. The van der Waals surface area contributed by atoms with Gasteiger partial charge < -0.3 is 15.4 Å².